The van der Waals surface area contributed by atoms with Crippen LogP contribution < -0.4 is 5.32 Å². The SMILES string of the molecule is C[C@]12CC[C@@H]3[C@H](CCC4=CC(=O)CC[C@@]43C)[C@H]1CC[C@@H]2OC(=O)CCC(=O)N[C@@H](Cc1c[nH]c2ccccc12)C(=O)O. The molecule has 3 N–H and O–H groups in total. The number of para-hydroxylation sites is 1. The first-order chi connectivity index (χ1) is 20.1. The fourth-order valence-electron chi connectivity index (χ4n) is 9.13. The summed E-state index contributed by atoms with van der Waals surface area (Å²) in [4.78, 5) is 52.8. The summed E-state index contributed by atoms with van der Waals surface area (Å²) in [6.45, 7) is 4.66. The molecule has 0 unspecified atom stereocenters. The van der Waals surface area contributed by atoms with Crippen molar-refractivity contribution < 1.29 is 29.0 Å². The van der Waals surface area contributed by atoms with Gasteiger partial charge < -0.3 is 20.1 Å². The molecule has 0 spiro atoms. The zero-order valence-corrected chi connectivity index (χ0v) is 24.6. The number of benzene rings is 1. The molecule has 0 aliphatic heterocycles. The smallest absolute Gasteiger partial charge is 0.326 e. The van der Waals surface area contributed by atoms with Crippen molar-refractivity contribution in [1.82, 2.24) is 10.3 Å². The fraction of sp³-hybridized carbons (Fsp3) is 0.588. The van der Waals surface area contributed by atoms with Crippen LogP contribution in [0.4, 0.5) is 0 Å². The molecule has 0 saturated heterocycles. The number of allylic oxidation sites excluding steroid dienone is 1. The number of carboxylic acids is 1. The molecule has 1 heterocycles. The van der Waals surface area contributed by atoms with E-state index in [9.17, 15) is 24.3 Å². The number of hydrogen-bond acceptors (Lipinski definition) is 5. The summed E-state index contributed by atoms with van der Waals surface area (Å²) >= 11 is 0. The number of esters is 1. The summed E-state index contributed by atoms with van der Waals surface area (Å²) in [5, 5.41) is 13.3. The molecule has 0 bridgehead atoms. The van der Waals surface area contributed by atoms with Gasteiger partial charge in [-0.05, 0) is 85.8 Å². The number of rotatable bonds is 8. The van der Waals surface area contributed by atoms with Gasteiger partial charge in [-0.3, -0.25) is 14.4 Å². The highest BCUT2D eigenvalue weighted by Gasteiger charge is 2.60. The first-order valence-electron chi connectivity index (χ1n) is 15.6. The van der Waals surface area contributed by atoms with E-state index < -0.39 is 23.9 Å². The number of carbonyl (C=O) groups excluding carboxylic acids is 3. The van der Waals surface area contributed by atoms with Gasteiger partial charge in [0.05, 0.1) is 6.42 Å². The number of carboxylic acid groups (broad SMARTS) is 1. The predicted molar refractivity (Wildman–Crippen MR) is 157 cm³/mol. The van der Waals surface area contributed by atoms with Crippen LogP contribution in [-0.4, -0.2) is 45.9 Å². The summed E-state index contributed by atoms with van der Waals surface area (Å²) in [6.07, 6.45) is 11.2. The lowest BCUT2D eigenvalue weighted by molar-refractivity contribution is -0.160. The molecule has 3 saturated carbocycles. The van der Waals surface area contributed by atoms with E-state index in [4.69, 9.17) is 4.74 Å². The highest BCUT2D eigenvalue weighted by atomic mass is 16.5. The van der Waals surface area contributed by atoms with Gasteiger partial charge in [0, 0.05) is 41.8 Å². The monoisotopic (exact) mass is 574 g/mol. The first kappa shape index (κ1) is 28.7. The number of ketones is 1. The number of aromatic amines is 1. The third-order valence-corrected chi connectivity index (χ3v) is 11.4. The van der Waals surface area contributed by atoms with Crippen molar-refractivity contribution in [2.24, 2.45) is 28.6 Å². The van der Waals surface area contributed by atoms with Crippen molar-refractivity contribution in [3.8, 4) is 0 Å². The van der Waals surface area contributed by atoms with Gasteiger partial charge in [0.1, 0.15) is 12.1 Å². The van der Waals surface area contributed by atoms with E-state index in [0.29, 0.717) is 24.2 Å². The van der Waals surface area contributed by atoms with Gasteiger partial charge in [0.15, 0.2) is 5.78 Å². The lowest BCUT2D eigenvalue weighted by Crippen LogP contribution is -2.51. The number of nitrogens with one attached hydrogen (secondary N) is 2. The predicted octanol–water partition coefficient (Wildman–Crippen LogP) is 5.50. The molecule has 6 rings (SSSR count). The second-order valence-corrected chi connectivity index (χ2v) is 13.6. The Labute approximate surface area is 246 Å². The molecule has 42 heavy (non-hydrogen) atoms. The highest BCUT2D eigenvalue weighted by molar-refractivity contribution is 5.91. The van der Waals surface area contributed by atoms with E-state index in [-0.39, 0.29) is 42.0 Å². The summed E-state index contributed by atoms with van der Waals surface area (Å²) < 4.78 is 6.05. The molecule has 1 aromatic heterocycles. The van der Waals surface area contributed by atoms with E-state index >= 15 is 0 Å². The van der Waals surface area contributed by atoms with Crippen LogP contribution in [0.15, 0.2) is 42.1 Å². The lowest BCUT2D eigenvalue weighted by atomic mass is 9.47. The second kappa shape index (κ2) is 11.0. The van der Waals surface area contributed by atoms with Gasteiger partial charge in [-0.1, -0.05) is 37.6 Å². The van der Waals surface area contributed by atoms with Crippen LogP contribution in [0.25, 0.3) is 10.9 Å². The summed E-state index contributed by atoms with van der Waals surface area (Å²) in [5.41, 5.74) is 3.12. The number of carbonyl (C=O) groups is 4. The van der Waals surface area contributed by atoms with Crippen LogP contribution in [0.2, 0.25) is 0 Å². The highest BCUT2D eigenvalue weighted by Crippen LogP contribution is 2.65. The maximum Gasteiger partial charge on any atom is 0.326 e. The summed E-state index contributed by atoms with van der Waals surface area (Å²) in [6, 6.07) is 6.53. The normalized spacial score (nSPS) is 32.7. The molecule has 2 aromatic rings. The molecule has 7 atom stereocenters. The van der Waals surface area contributed by atoms with Gasteiger partial charge in [-0.15, -0.1) is 0 Å². The van der Waals surface area contributed by atoms with Crippen molar-refractivity contribution in [2.75, 3.05) is 0 Å². The maximum absolute atomic E-state index is 12.9. The van der Waals surface area contributed by atoms with E-state index in [2.05, 4.69) is 24.1 Å². The molecule has 1 amide bonds. The van der Waals surface area contributed by atoms with Crippen molar-refractivity contribution in [1.29, 1.82) is 0 Å². The Bertz CT molecular complexity index is 1440. The molecule has 8 nitrogen and oxygen atoms in total. The number of fused-ring (bicyclic) bond motifs is 6. The molecular weight excluding hydrogens is 532 g/mol. The van der Waals surface area contributed by atoms with E-state index in [1.54, 1.807) is 6.20 Å². The minimum atomic E-state index is -1.12. The molecule has 4 aliphatic carbocycles. The molecule has 8 heteroatoms. The summed E-state index contributed by atoms with van der Waals surface area (Å²) in [7, 11) is 0. The molecule has 224 valence electrons. The zero-order chi connectivity index (χ0) is 29.6. The number of aromatic nitrogens is 1. The Morgan fingerprint density at radius 1 is 1.05 bits per heavy atom. The van der Waals surface area contributed by atoms with Gasteiger partial charge in [0.2, 0.25) is 5.91 Å². The Morgan fingerprint density at radius 3 is 2.67 bits per heavy atom. The van der Waals surface area contributed by atoms with E-state index in [1.165, 1.54) is 5.57 Å². The quantitative estimate of drug-likeness (QED) is 0.357. The van der Waals surface area contributed by atoms with E-state index in [0.717, 1.165) is 61.4 Å². The number of aliphatic carboxylic acids is 1. The van der Waals surface area contributed by atoms with Gasteiger partial charge in [0.25, 0.3) is 0 Å². The Balaban J connectivity index is 1.03. The molecule has 0 radical (unpaired) electrons. The van der Waals surface area contributed by atoms with Crippen LogP contribution in [0.5, 0.6) is 0 Å². The first-order valence-corrected chi connectivity index (χ1v) is 15.6. The number of amides is 1. The van der Waals surface area contributed by atoms with Crippen LogP contribution in [-0.2, 0) is 30.3 Å². The second-order valence-electron chi connectivity index (χ2n) is 13.6. The number of ether oxygens (including phenoxy) is 1. The van der Waals surface area contributed by atoms with Gasteiger partial charge >= 0.3 is 11.9 Å². The van der Waals surface area contributed by atoms with Crippen LogP contribution >= 0.6 is 0 Å². The van der Waals surface area contributed by atoms with Crippen LogP contribution in [0.1, 0.15) is 83.6 Å². The largest absolute Gasteiger partial charge is 0.480 e. The van der Waals surface area contributed by atoms with Gasteiger partial charge in [-0.25, -0.2) is 4.79 Å². The van der Waals surface area contributed by atoms with Gasteiger partial charge in [-0.2, -0.15) is 0 Å². The molecule has 1 aromatic carbocycles. The third-order valence-electron chi connectivity index (χ3n) is 11.4. The average molecular weight is 575 g/mol. The Morgan fingerprint density at radius 2 is 1.86 bits per heavy atom. The Hall–Kier alpha value is -3.42. The van der Waals surface area contributed by atoms with Crippen molar-refractivity contribution in [3.63, 3.8) is 0 Å². The molecule has 3 fully saturated rings. The number of hydrogen-bond donors (Lipinski definition) is 3. The van der Waals surface area contributed by atoms with Crippen LogP contribution in [0, 0.1) is 28.6 Å². The third kappa shape index (κ3) is 5.07. The average Bonchev–Trinajstić information content (AvgIpc) is 3.52. The standard InChI is InChI=1S/C34H42N2O6/c1-33-15-13-22(37)18-21(33)7-8-24-25-9-10-29(34(25,2)16-14-26(24)33)42-31(39)12-11-30(38)36-28(32(40)41)17-20-19-35-27-6-4-3-5-23(20)27/h3-6,18-19,24-26,28-29,35H,7-17H2,1-2H3,(H,36,38)(H,40,41)/t24-,25-,26-,28+,29+,33+,34+/m1/s1. The van der Waals surface area contributed by atoms with Crippen LogP contribution in [0.3, 0.4) is 0 Å². The topological polar surface area (TPSA) is 126 Å². The summed E-state index contributed by atoms with van der Waals surface area (Å²) in [5.74, 6) is -0.0533. The maximum atomic E-state index is 12.9. The lowest BCUT2D eigenvalue weighted by Gasteiger charge is -2.57. The minimum absolute atomic E-state index is 0.0745. The van der Waals surface area contributed by atoms with Crippen molar-refractivity contribution in [2.45, 2.75) is 96.6 Å². The Kier molecular flexibility index (Phi) is 7.52. The minimum Gasteiger partial charge on any atom is -0.480 e. The molecule has 4 aliphatic rings. The number of H-pyrrole nitrogens is 1. The molecular formula is C34H42N2O6. The van der Waals surface area contributed by atoms with Crippen molar-refractivity contribution in [3.05, 3.63) is 47.7 Å². The van der Waals surface area contributed by atoms with Crippen molar-refractivity contribution >= 4 is 34.5 Å². The fourth-order valence-corrected chi connectivity index (χ4v) is 9.13. The van der Waals surface area contributed by atoms with E-state index in [1.807, 2.05) is 30.3 Å². The zero-order valence-electron chi connectivity index (χ0n) is 24.6.